The highest BCUT2D eigenvalue weighted by Crippen LogP contribution is 2.26. The lowest BCUT2D eigenvalue weighted by Gasteiger charge is -2.21. The van der Waals surface area contributed by atoms with Gasteiger partial charge in [0.1, 0.15) is 8.07 Å². The summed E-state index contributed by atoms with van der Waals surface area (Å²) in [5, 5.41) is 1.55. The molecule has 1 heteroatoms. The van der Waals surface area contributed by atoms with Crippen LogP contribution in [0.25, 0.3) is 0 Å². The third-order valence-corrected chi connectivity index (χ3v) is 7.14. The summed E-state index contributed by atoms with van der Waals surface area (Å²) in [5.41, 5.74) is 2.54. The lowest BCUT2D eigenvalue weighted by atomic mass is 9.87. The zero-order valence-electron chi connectivity index (χ0n) is 11.9. The Kier molecular flexibility index (Phi) is 4.82. The van der Waals surface area contributed by atoms with Gasteiger partial charge in [-0.05, 0) is 12.3 Å². The fourth-order valence-electron chi connectivity index (χ4n) is 2.94. The van der Waals surface area contributed by atoms with E-state index >= 15 is 0 Å². The Morgan fingerprint density at radius 1 is 1.06 bits per heavy atom. The predicted octanol–water partition coefficient (Wildman–Crippen LogP) is 4.67. The standard InChI is InChI=1S/C17H26Si/c1-18(2,17-13-7-4-8-14-17)15-9-12-16-10-5-3-6-11-16/h4,7-9,13-16H,3,5-6,10-12H2,1-2H3/b15-9-. The summed E-state index contributed by atoms with van der Waals surface area (Å²) in [6.07, 6.45) is 11.1. The van der Waals surface area contributed by atoms with Crippen LogP contribution in [0, 0.1) is 5.92 Å². The van der Waals surface area contributed by atoms with Gasteiger partial charge in [-0.15, -0.1) is 0 Å². The summed E-state index contributed by atoms with van der Waals surface area (Å²) < 4.78 is 0. The lowest BCUT2D eigenvalue weighted by Crippen LogP contribution is -2.39. The molecule has 0 heterocycles. The molecule has 0 aromatic heterocycles. The molecule has 0 aliphatic heterocycles. The summed E-state index contributed by atoms with van der Waals surface area (Å²) in [5.74, 6) is 0.968. The van der Waals surface area contributed by atoms with Gasteiger partial charge in [0.2, 0.25) is 0 Å². The molecule has 2 rings (SSSR count). The Labute approximate surface area is 113 Å². The fraction of sp³-hybridized carbons (Fsp3) is 0.529. The number of benzene rings is 1. The van der Waals surface area contributed by atoms with E-state index in [1.54, 1.807) is 5.19 Å². The van der Waals surface area contributed by atoms with E-state index in [2.05, 4.69) is 55.2 Å². The summed E-state index contributed by atoms with van der Waals surface area (Å²) >= 11 is 0. The van der Waals surface area contributed by atoms with Crippen molar-refractivity contribution in [2.24, 2.45) is 5.92 Å². The molecule has 0 atom stereocenters. The van der Waals surface area contributed by atoms with Crippen LogP contribution in [0.3, 0.4) is 0 Å². The van der Waals surface area contributed by atoms with Crippen LogP contribution in [0.15, 0.2) is 42.1 Å². The Morgan fingerprint density at radius 2 is 1.72 bits per heavy atom. The topological polar surface area (TPSA) is 0 Å². The SMILES string of the molecule is C[Si](C)(/C=C\CC1CCCCC1)c1ccccc1. The highest BCUT2D eigenvalue weighted by atomic mass is 28.3. The molecule has 1 aliphatic rings. The van der Waals surface area contributed by atoms with Crippen molar-refractivity contribution in [3.63, 3.8) is 0 Å². The average Bonchev–Trinajstić information content (AvgIpc) is 2.41. The lowest BCUT2D eigenvalue weighted by molar-refractivity contribution is 0.361. The van der Waals surface area contributed by atoms with Gasteiger partial charge in [-0.25, -0.2) is 0 Å². The molecular formula is C17H26Si. The maximum Gasteiger partial charge on any atom is 0.103 e. The third kappa shape index (κ3) is 3.84. The first-order valence-electron chi connectivity index (χ1n) is 7.42. The van der Waals surface area contributed by atoms with E-state index < -0.39 is 8.07 Å². The molecule has 0 nitrogen and oxygen atoms in total. The summed E-state index contributed by atoms with van der Waals surface area (Å²) in [6, 6.07) is 11.0. The van der Waals surface area contributed by atoms with E-state index in [0.29, 0.717) is 0 Å². The molecule has 1 fully saturated rings. The smallest absolute Gasteiger partial charge is 0.0943 e. The molecule has 0 spiro atoms. The van der Waals surface area contributed by atoms with E-state index in [4.69, 9.17) is 0 Å². The van der Waals surface area contributed by atoms with Gasteiger partial charge in [-0.1, -0.05) is 92.5 Å². The normalized spacial score (nSPS) is 18.3. The van der Waals surface area contributed by atoms with Gasteiger partial charge in [-0.2, -0.15) is 0 Å². The molecule has 1 saturated carbocycles. The summed E-state index contributed by atoms with van der Waals surface area (Å²) in [6.45, 7) is 4.89. The summed E-state index contributed by atoms with van der Waals surface area (Å²) in [7, 11) is -1.34. The minimum absolute atomic E-state index is 0.968. The van der Waals surface area contributed by atoms with Crippen molar-refractivity contribution in [2.75, 3.05) is 0 Å². The number of rotatable bonds is 4. The van der Waals surface area contributed by atoms with E-state index in [1.165, 1.54) is 38.5 Å². The Morgan fingerprint density at radius 3 is 2.39 bits per heavy atom. The van der Waals surface area contributed by atoms with Crippen molar-refractivity contribution in [3.05, 3.63) is 42.1 Å². The minimum atomic E-state index is -1.34. The molecule has 1 aromatic carbocycles. The maximum absolute atomic E-state index is 2.54. The van der Waals surface area contributed by atoms with Gasteiger partial charge in [0.15, 0.2) is 0 Å². The zero-order chi connectivity index (χ0) is 12.8. The Hall–Kier alpha value is -0.823. The van der Waals surface area contributed by atoms with Crippen molar-refractivity contribution >= 4 is 13.3 Å². The van der Waals surface area contributed by atoms with Crippen LogP contribution in [0.2, 0.25) is 13.1 Å². The molecule has 1 aliphatic carbocycles. The van der Waals surface area contributed by atoms with Crippen molar-refractivity contribution in [1.29, 1.82) is 0 Å². The molecule has 1 aromatic rings. The third-order valence-electron chi connectivity index (χ3n) is 4.25. The molecule has 0 bridgehead atoms. The Balaban J connectivity index is 1.91. The first-order chi connectivity index (χ1) is 8.68. The second kappa shape index (κ2) is 6.37. The highest BCUT2D eigenvalue weighted by Gasteiger charge is 2.19. The van der Waals surface area contributed by atoms with Crippen LogP contribution < -0.4 is 5.19 Å². The highest BCUT2D eigenvalue weighted by molar-refractivity contribution is 6.93. The molecule has 0 radical (unpaired) electrons. The van der Waals surface area contributed by atoms with Crippen LogP contribution in [0.1, 0.15) is 38.5 Å². The molecule has 18 heavy (non-hydrogen) atoms. The quantitative estimate of drug-likeness (QED) is 0.689. The fourth-order valence-corrected chi connectivity index (χ4v) is 4.91. The van der Waals surface area contributed by atoms with E-state index in [0.717, 1.165) is 5.92 Å². The van der Waals surface area contributed by atoms with Crippen LogP contribution in [0.4, 0.5) is 0 Å². The van der Waals surface area contributed by atoms with Crippen molar-refractivity contribution in [1.82, 2.24) is 0 Å². The molecule has 0 N–H and O–H groups in total. The number of hydrogen-bond acceptors (Lipinski definition) is 0. The van der Waals surface area contributed by atoms with Gasteiger partial charge in [0.25, 0.3) is 0 Å². The Bertz CT molecular complexity index is 372. The minimum Gasteiger partial charge on any atom is -0.0943 e. The van der Waals surface area contributed by atoms with Crippen molar-refractivity contribution in [3.8, 4) is 0 Å². The van der Waals surface area contributed by atoms with Gasteiger partial charge < -0.3 is 0 Å². The van der Waals surface area contributed by atoms with E-state index in [9.17, 15) is 0 Å². The summed E-state index contributed by atoms with van der Waals surface area (Å²) in [4.78, 5) is 0. The predicted molar refractivity (Wildman–Crippen MR) is 83.9 cm³/mol. The van der Waals surface area contributed by atoms with Gasteiger partial charge in [-0.3, -0.25) is 0 Å². The van der Waals surface area contributed by atoms with Crippen LogP contribution in [-0.2, 0) is 0 Å². The van der Waals surface area contributed by atoms with Crippen molar-refractivity contribution in [2.45, 2.75) is 51.6 Å². The van der Waals surface area contributed by atoms with E-state index in [-0.39, 0.29) is 0 Å². The zero-order valence-corrected chi connectivity index (χ0v) is 12.9. The van der Waals surface area contributed by atoms with Gasteiger partial charge in [0.05, 0.1) is 0 Å². The molecule has 98 valence electrons. The van der Waals surface area contributed by atoms with Gasteiger partial charge >= 0.3 is 0 Å². The van der Waals surface area contributed by atoms with Crippen LogP contribution in [-0.4, -0.2) is 8.07 Å². The first kappa shape index (κ1) is 13.6. The number of allylic oxidation sites excluding steroid dienone is 1. The average molecular weight is 258 g/mol. The molecule has 0 amide bonds. The molecule has 0 unspecified atom stereocenters. The largest absolute Gasteiger partial charge is 0.103 e. The van der Waals surface area contributed by atoms with Crippen LogP contribution >= 0.6 is 0 Å². The molecular weight excluding hydrogens is 232 g/mol. The van der Waals surface area contributed by atoms with Crippen molar-refractivity contribution < 1.29 is 0 Å². The second-order valence-corrected chi connectivity index (χ2v) is 10.6. The monoisotopic (exact) mass is 258 g/mol. The van der Waals surface area contributed by atoms with Crippen LogP contribution in [0.5, 0.6) is 0 Å². The van der Waals surface area contributed by atoms with E-state index in [1.807, 2.05) is 0 Å². The molecule has 0 saturated heterocycles. The number of hydrogen-bond donors (Lipinski definition) is 0. The van der Waals surface area contributed by atoms with Gasteiger partial charge in [0, 0.05) is 0 Å². The first-order valence-corrected chi connectivity index (χ1v) is 10.5. The second-order valence-electron chi connectivity index (χ2n) is 6.23. The maximum atomic E-state index is 2.54.